The standard InChI is InChI=1S/C11H7ClFNO2/c1-5-4-6(11(15)16)9-7(12)2-3-8(13)10(9)14-5/h2-4H,1H3,(H,15,16). The Morgan fingerprint density at radius 2 is 2.19 bits per heavy atom. The molecule has 0 saturated carbocycles. The monoisotopic (exact) mass is 239 g/mol. The number of fused-ring (bicyclic) bond motifs is 1. The Labute approximate surface area is 95.5 Å². The van der Waals surface area contributed by atoms with Crippen molar-refractivity contribution >= 4 is 28.5 Å². The number of hydrogen-bond acceptors (Lipinski definition) is 2. The summed E-state index contributed by atoms with van der Waals surface area (Å²) in [5.41, 5.74) is 0.392. The quantitative estimate of drug-likeness (QED) is 0.832. The fourth-order valence-electron chi connectivity index (χ4n) is 1.56. The van der Waals surface area contributed by atoms with Gasteiger partial charge in [-0.1, -0.05) is 11.6 Å². The molecule has 1 aromatic carbocycles. The average molecular weight is 240 g/mol. The lowest BCUT2D eigenvalue weighted by Crippen LogP contribution is -2.01. The first-order chi connectivity index (χ1) is 7.50. The zero-order valence-electron chi connectivity index (χ0n) is 8.29. The predicted octanol–water partition coefficient (Wildman–Crippen LogP) is 3.03. The van der Waals surface area contributed by atoms with Gasteiger partial charge in [0, 0.05) is 11.1 Å². The van der Waals surface area contributed by atoms with Crippen molar-refractivity contribution in [2.75, 3.05) is 0 Å². The third kappa shape index (κ3) is 1.61. The molecule has 0 aliphatic carbocycles. The maximum atomic E-state index is 13.5. The van der Waals surface area contributed by atoms with Gasteiger partial charge in [-0.25, -0.2) is 14.2 Å². The summed E-state index contributed by atoms with van der Waals surface area (Å²) >= 11 is 5.86. The summed E-state index contributed by atoms with van der Waals surface area (Å²) in [6.45, 7) is 1.60. The van der Waals surface area contributed by atoms with Gasteiger partial charge in [-0.2, -0.15) is 0 Å². The highest BCUT2D eigenvalue weighted by atomic mass is 35.5. The van der Waals surface area contributed by atoms with E-state index in [2.05, 4.69) is 4.98 Å². The van der Waals surface area contributed by atoms with Gasteiger partial charge in [0.2, 0.25) is 0 Å². The first-order valence-electron chi connectivity index (χ1n) is 4.49. The normalized spacial score (nSPS) is 10.7. The van der Waals surface area contributed by atoms with Crippen LogP contribution in [0.1, 0.15) is 16.1 Å². The first kappa shape index (κ1) is 10.8. The lowest BCUT2D eigenvalue weighted by atomic mass is 10.1. The summed E-state index contributed by atoms with van der Waals surface area (Å²) in [7, 11) is 0. The highest BCUT2D eigenvalue weighted by molar-refractivity contribution is 6.36. The summed E-state index contributed by atoms with van der Waals surface area (Å²) in [6, 6.07) is 3.86. The second-order valence-electron chi connectivity index (χ2n) is 3.37. The molecule has 0 fully saturated rings. The van der Waals surface area contributed by atoms with E-state index in [1.807, 2.05) is 0 Å². The lowest BCUT2D eigenvalue weighted by molar-refractivity contribution is 0.0699. The van der Waals surface area contributed by atoms with Crippen LogP contribution >= 0.6 is 11.6 Å². The summed E-state index contributed by atoms with van der Waals surface area (Å²) in [4.78, 5) is 15.0. The van der Waals surface area contributed by atoms with Gasteiger partial charge >= 0.3 is 5.97 Å². The number of carboxylic acid groups (broad SMARTS) is 1. The van der Waals surface area contributed by atoms with Crippen LogP contribution in [0.2, 0.25) is 5.02 Å². The minimum Gasteiger partial charge on any atom is -0.478 e. The van der Waals surface area contributed by atoms with Crippen molar-refractivity contribution in [2.45, 2.75) is 6.92 Å². The van der Waals surface area contributed by atoms with E-state index in [0.717, 1.165) is 0 Å². The zero-order valence-corrected chi connectivity index (χ0v) is 9.05. The van der Waals surface area contributed by atoms with Crippen LogP contribution in [0.5, 0.6) is 0 Å². The molecule has 5 heteroatoms. The van der Waals surface area contributed by atoms with Gasteiger partial charge in [0.1, 0.15) is 11.3 Å². The molecular formula is C11H7ClFNO2. The van der Waals surface area contributed by atoms with Crippen LogP contribution in [-0.2, 0) is 0 Å². The number of carbonyl (C=O) groups is 1. The molecule has 0 radical (unpaired) electrons. The molecule has 0 atom stereocenters. The number of pyridine rings is 1. The minimum atomic E-state index is -1.15. The third-order valence-corrected chi connectivity index (χ3v) is 2.53. The van der Waals surface area contributed by atoms with Gasteiger partial charge < -0.3 is 5.11 Å². The molecule has 0 bridgehead atoms. The Morgan fingerprint density at radius 3 is 2.81 bits per heavy atom. The van der Waals surface area contributed by atoms with E-state index < -0.39 is 11.8 Å². The number of benzene rings is 1. The molecule has 3 nitrogen and oxygen atoms in total. The first-order valence-corrected chi connectivity index (χ1v) is 4.87. The summed E-state index contributed by atoms with van der Waals surface area (Å²) in [5.74, 6) is -1.73. The Morgan fingerprint density at radius 1 is 1.50 bits per heavy atom. The molecule has 0 spiro atoms. The molecule has 2 aromatic rings. The summed E-state index contributed by atoms with van der Waals surface area (Å²) in [5, 5.41) is 9.33. The second kappa shape index (κ2) is 3.72. The number of carboxylic acids is 1. The smallest absolute Gasteiger partial charge is 0.336 e. The van der Waals surface area contributed by atoms with Gasteiger partial charge in [-0.3, -0.25) is 0 Å². The van der Waals surface area contributed by atoms with E-state index in [1.165, 1.54) is 18.2 Å². The van der Waals surface area contributed by atoms with E-state index >= 15 is 0 Å². The number of aromatic nitrogens is 1. The largest absolute Gasteiger partial charge is 0.478 e. The minimum absolute atomic E-state index is 0.00935. The Bertz CT molecular complexity index is 598. The maximum absolute atomic E-state index is 13.5. The van der Waals surface area contributed by atoms with Crippen LogP contribution in [0.15, 0.2) is 18.2 Å². The highest BCUT2D eigenvalue weighted by Crippen LogP contribution is 2.28. The molecule has 16 heavy (non-hydrogen) atoms. The van der Waals surface area contributed by atoms with E-state index in [9.17, 15) is 9.18 Å². The molecule has 82 valence electrons. The Balaban J connectivity index is 3.00. The molecule has 0 aliphatic heterocycles. The topological polar surface area (TPSA) is 50.2 Å². The van der Waals surface area contributed by atoms with Crippen molar-refractivity contribution in [3.63, 3.8) is 0 Å². The fourth-order valence-corrected chi connectivity index (χ4v) is 1.82. The number of rotatable bonds is 1. The van der Waals surface area contributed by atoms with Crippen LogP contribution in [0.4, 0.5) is 4.39 Å². The second-order valence-corrected chi connectivity index (χ2v) is 3.78. The van der Waals surface area contributed by atoms with E-state index in [4.69, 9.17) is 16.7 Å². The van der Waals surface area contributed by atoms with Crippen LogP contribution < -0.4 is 0 Å². The Hall–Kier alpha value is -1.68. The molecule has 0 unspecified atom stereocenters. The number of halogens is 2. The van der Waals surface area contributed by atoms with Crippen LogP contribution in [0, 0.1) is 12.7 Å². The number of aryl methyl sites for hydroxylation is 1. The molecule has 1 heterocycles. The molecule has 0 amide bonds. The van der Waals surface area contributed by atoms with E-state index in [1.54, 1.807) is 6.92 Å². The van der Waals surface area contributed by atoms with Crippen molar-refractivity contribution in [3.05, 3.63) is 40.3 Å². The SMILES string of the molecule is Cc1cc(C(=O)O)c2c(Cl)ccc(F)c2n1. The fraction of sp³-hybridized carbons (Fsp3) is 0.0909. The maximum Gasteiger partial charge on any atom is 0.336 e. The number of nitrogens with zero attached hydrogens (tertiary/aromatic N) is 1. The molecule has 2 rings (SSSR count). The predicted molar refractivity (Wildman–Crippen MR) is 58.4 cm³/mol. The van der Waals surface area contributed by atoms with Gasteiger partial charge in [0.15, 0.2) is 0 Å². The van der Waals surface area contributed by atoms with Crippen molar-refractivity contribution in [2.24, 2.45) is 0 Å². The average Bonchev–Trinajstić information content (AvgIpc) is 2.22. The highest BCUT2D eigenvalue weighted by Gasteiger charge is 2.15. The van der Waals surface area contributed by atoms with Gasteiger partial charge in [0.05, 0.1) is 10.6 Å². The molecule has 1 N–H and O–H groups in total. The zero-order chi connectivity index (χ0) is 11.9. The third-order valence-electron chi connectivity index (χ3n) is 2.22. The van der Waals surface area contributed by atoms with Crippen LogP contribution in [-0.4, -0.2) is 16.1 Å². The van der Waals surface area contributed by atoms with E-state index in [0.29, 0.717) is 5.69 Å². The van der Waals surface area contributed by atoms with Crippen LogP contribution in [0.3, 0.4) is 0 Å². The Kier molecular flexibility index (Phi) is 2.52. The molecule has 0 aliphatic rings. The van der Waals surface area contributed by atoms with Gasteiger partial charge in [0.25, 0.3) is 0 Å². The van der Waals surface area contributed by atoms with E-state index in [-0.39, 0.29) is 21.5 Å². The molecule has 0 saturated heterocycles. The van der Waals surface area contributed by atoms with Gasteiger partial charge in [-0.15, -0.1) is 0 Å². The summed E-state index contributed by atoms with van der Waals surface area (Å²) in [6.07, 6.45) is 0. The van der Waals surface area contributed by atoms with Crippen LogP contribution in [0.25, 0.3) is 10.9 Å². The lowest BCUT2D eigenvalue weighted by Gasteiger charge is -2.06. The van der Waals surface area contributed by atoms with Crippen molar-refractivity contribution in [1.82, 2.24) is 4.98 Å². The van der Waals surface area contributed by atoms with Crippen molar-refractivity contribution < 1.29 is 14.3 Å². The number of hydrogen-bond donors (Lipinski definition) is 1. The molecule has 1 aromatic heterocycles. The van der Waals surface area contributed by atoms with Gasteiger partial charge in [-0.05, 0) is 25.1 Å². The number of aromatic carboxylic acids is 1. The molecular weight excluding hydrogens is 233 g/mol. The van der Waals surface area contributed by atoms with Crippen molar-refractivity contribution in [1.29, 1.82) is 0 Å². The summed E-state index contributed by atoms with van der Waals surface area (Å²) < 4.78 is 13.5. The van der Waals surface area contributed by atoms with Crippen molar-refractivity contribution in [3.8, 4) is 0 Å².